The van der Waals surface area contributed by atoms with Gasteiger partial charge in [-0.3, -0.25) is 4.79 Å². The van der Waals surface area contributed by atoms with E-state index in [1.807, 2.05) is 0 Å². The van der Waals surface area contributed by atoms with Gasteiger partial charge in [-0.2, -0.15) is 25.8 Å². The summed E-state index contributed by atoms with van der Waals surface area (Å²) in [6.45, 7) is -1.33. The van der Waals surface area contributed by atoms with Crippen LogP contribution in [-0.2, 0) is 9.59 Å². The topological polar surface area (TPSA) is 57.6 Å². The zero-order chi connectivity index (χ0) is 15.7. The summed E-state index contributed by atoms with van der Waals surface area (Å²) in [5.41, 5.74) is 0. The molecule has 1 rings (SSSR count). The summed E-state index contributed by atoms with van der Waals surface area (Å²) in [4.78, 5) is 22.7. The number of thiol groups is 1. The van der Waals surface area contributed by atoms with Gasteiger partial charge >= 0.3 is 12.1 Å². The van der Waals surface area contributed by atoms with E-state index in [9.17, 15) is 31.5 Å². The van der Waals surface area contributed by atoms with Gasteiger partial charge < -0.3 is 10.0 Å². The summed E-state index contributed by atoms with van der Waals surface area (Å²) in [7, 11) is 0. The van der Waals surface area contributed by atoms with Gasteiger partial charge in [0.2, 0.25) is 5.91 Å². The average molecular weight is 321 g/mol. The molecule has 0 radical (unpaired) electrons. The Hall–Kier alpha value is -1.06. The third-order valence-corrected chi connectivity index (χ3v) is 3.37. The minimum Gasteiger partial charge on any atom is -0.480 e. The largest absolute Gasteiger partial charge is 0.480 e. The van der Waals surface area contributed by atoms with Gasteiger partial charge in [-0.05, 0) is 6.42 Å². The molecule has 1 N–H and O–H groups in total. The van der Waals surface area contributed by atoms with Crippen LogP contribution >= 0.6 is 12.6 Å². The van der Waals surface area contributed by atoms with Crippen molar-refractivity contribution >= 4 is 24.5 Å². The van der Waals surface area contributed by atoms with Crippen LogP contribution in [0, 0.1) is 5.92 Å². The molecule has 1 heterocycles. The molecule has 20 heavy (non-hydrogen) atoms. The number of likely N-dealkylation sites (tertiary alicyclic amines) is 1. The summed E-state index contributed by atoms with van der Waals surface area (Å²) in [6, 6.07) is -1.67. The van der Waals surface area contributed by atoms with E-state index in [0.717, 1.165) is 0 Å². The molecule has 1 saturated heterocycles. The first kappa shape index (κ1) is 17.0. The SMILES string of the molecule is O=C(O)C1CCC(F)(F)CN1C(=O)C(CS)C(F)(F)F. The molecule has 0 saturated carbocycles. The zero-order valence-electron chi connectivity index (χ0n) is 10.0. The van der Waals surface area contributed by atoms with Crippen LogP contribution < -0.4 is 0 Å². The molecule has 1 fully saturated rings. The predicted molar refractivity (Wildman–Crippen MR) is 60.7 cm³/mol. The lowest BCUT2D eigenvalue weighted by Crippen LogP contribution is -2.57. The minimum atomic E-state index is -4.96. The fraction of sp³-hybridized carbons (Fsp3) is 0.800. The van der Waals surface area contributed by atoms with Crippen LogP contribution in [-0.4, -0.2) is 52.3 Å². The second kappa shape index (κ2) is 5.74. The van der Waals surface area contributed by atoms with Crippen LogP contribution in [0.2, 0.25) is 0 Å². The summed E-state index contributed by atoms with van der Waals surface area (Å²) in [5.74, 6) is -10.2. The fourth-order valence-corrected chi connectivity index (χ4v) is 2.32. The summed E-state index contributed by atoms with van der Waals surface area (Å²) < 4.78 is 64.3. The number of rotatable bonds is 3. The first-order valence-corrected chi connectivity index (χ1v) is 6.21. The van der Waals surface area contributed by atoms with Crippen molar-refractivity contribution in [3.8, 4) is 0 Å². The molecule has 1 amide bonds. The molecule has 10 heteroatoms. The lowest BCUT2D eigenvalue weighted by atomic mass is 9.97. The van der Waals surface area contributed by atoms with Crippen molar-refractivity contribution in [3.05, 3.63) is 0 Å². The zero-order valence-corrected chi connectivity index (χ0v) is 10.9. The van der Waals surface area contributed by atoms with Gasteiger partial charge in [-0.15, -0.1) is 0 Å². The molecule has 4 nitrogen and oxygen atoms in total. The van der Waals surface area contributed by atoms with Crippen molar-refractivity contribution in [2.75, 3.05) is 12.3 Å². The molecule has 1 aliphatic heterocycles. The van der Waals surface area contributed by atoms with Crippen LogP contribution in [0.25, 0.3) is 0 Å². The Morgan fingerprint density at radius 3 is 2.35 bits per heavy atom. The van der Waals surface area contributed by atoms with E-state index < -0.39 is 61.1 Å². The molecule has 2 unspecified atom stereocenters. The Bertz CT molecular complexity index is 401. The summed E-state index contributed by atoms with van der Waals surface area (Å²) >= 11 is 3.39. The quantitative estimate of drug-likeness (QED) is 0.616. The average Bonchev–Trinajstić information content (AvgIpc) is 2.25. The van der Waals surface area contributed by atoms with E-state index in [-0.39, 0.29) is 4.90 Å². The number of alkyl halides is 5. The van der Waals surface area contributed by atoms with E-state index in [1.165, 1.54) is 0 Å². The molecule has 0 aromatic rings. The minimum absolute atomic E-state index is 0.0974. The molecule has 0 aliphatic carbocycles. The van der Waals surface area contributed by atoms with Crippen molar-refractivity contribution in [3.63, 3.8) is 0 Å². The number of halogens is 5. The van der Waals surface area contributed by atoms with Crippen molar-refractivity contribution < 1.29 is 36.6 Å². The highest BCUT2D eigenvalue weighted by molar-refractivity contribution is 7.80. The number of nitrogens with zero attached hydrogens (tertiary/aromatic N) is 1. The smallest absolute Gasteiger partial charge is 0.401 e. The van der Waals surface area contributed by atoms with Gasteiger partial charge in [0.15, 0.2) is 0 Å². The normalized spacial score (nSPS) is 24.3. The van der Waals surface area contributed by atoms with Gasteiger partial charge in [-0.1, -0.05) is 0 Å². The van der Waals surface area contributed by atoms with Gasteiger partial charge in [0.1, 0.15) is 12.0 Å². The number of amides is 1. The number of hydrogen-bond donors (Lipinski definition) is 2. The van der Waals surface area contributed by atoms with Crippen molar-refractivity contribution in [2.24, 2.45) is 5.92 Å². The van der Waals surface area contributed by atoms with Crippen LogP contribution in [0.4, 0.5) is 22.0 Å². The van der Waals surface area contributed by atoms with Crippen LogP contribution in [0.1, 0.15) is 12.8 Å². The molecule has 0 aromatic carbocycles. The number of carbonyl (C=O) groups is 2. The van der Waals surface area contributed by atoms with E-state index >= 15 is 0 Å². The number of carbonyl (C=O) groups excluding carboxylic acids is 1. The van der Waals surface area contributed by atoms with Crippen LogP contribution in [0.3, 0.4) is 0 Å². The maximum absolute atomic E-state index is 13.2. The highest BCUT2D eigenvalue weighted by Gasteiger charge is 2.51. The maximum atomic E-state index is 13.2. The molecule has 0 bridgehead atoms. The van der Waals surface area contributed by atoms with E-state index in [1.54, 1.807) is 0 Å². The van der Waals surface area contributed by atoms with Crippen LogP contribution in [0.5, 0.6) is 0 Å². The van der Waals surface area contributed by atoms with Crippen molar-refractivity contribution in [1.82, 2.24) is 4.90 Å². The maximum Gasteiger partial charge on any atom is 0.401 e. The third-order valence-electron chi connectivity index (χ3n) is 3.01. The number of piperidine rings is 1. The molecule has 0 spiro atoms. The highest BCUT2D eigenvalue weighted by atomic mass is 32.1. The lowest BCUT2D eigenvalue weighted by molar-refractivity contribution is -0.194. The molecular formula is C10H12F5NO3S. The Balaban J connectivity index is 3.03. The molecule has 116 valence electrons. The summed E-state index contributed by atoms with van der Waals surface area (Å²) in [5, 5.41) is 8.85. The van der Waals surface area contributed by atoms with Crippen LogP contribution in [0.15, 0.2) is 0 Å². The van der Waals surface area contributed by atoms with Gasteiger partial charge in [0.25, 0.3) is 5.92 Å². The molecule has 0 aromatic heterocycles. The second-order valence-electron chi connectivity index (χ2n) is 4.49. The fourth-order valence-electron chi connectivity index (χ4n) is 1.95. The number of carboxylic acids is 1. The Kier molecular flexibility index (Phi) is 4.88. The number of aliphatic carboxylic acids is 1. The van der Waals surface area contributed by atoms with Crippen molar-refractivity contribution in [2.45, 2.75) is 31.0 Å². The predicted octanol–water partition coefficient (Wildman–Crippen LogP) is 1.81. The Morgan fingerprint density at radius 1 is 1.40 bits per heavy atom. The van der Waals surface area contributed by atoms with Gasteiger partial charge in [0, 0.05) is 12.2 Å². The van der Waals surface area contributed by atoms with Crippen molar-refractivity contribution in [1.29, 1.82) is 0 Å². The van der Waals surface area contributed by atoms with E-state index in [0.29, 0.717) is 0 Å². The van der Waals surface area contributed by atoms with E-state index in [2.05, 4.69) is 12.6 Å². The lowest BCUT2D eigenvalue weighted by Gasteiger charge is -2.39. The first-order chi connectivity index (χ1) is 8.99. The number of carboxylic acid groups (broad SMARTS) is 1. The third kappa shape index (κ3) is 3.74. The van der Waals surface area contributed by atoms with Gasteiger partial charge in [-0.25, -0.2) is 13.6 Å². The molecular weight excluding hydrogens is 309 g/mol. The number of hydrogen-bond acceptors (Lipinski definition) is 3. The molecule has 2 atom stereocenters. The Labute approximate surface area is 116 Å². The Morgan fingerprint density at radius 2 is 1.95 bits per heavy atom. The monoisotopic (exact) mass is 321 g/mol. The highest BCUT2D eigenvalue weighted by Crippen LogP contribution is 2.35. The summed E-state index contributed by atoms with van der Waals surface area (Å²) in [6.07, 6.45) is -6.34. The molecule has 1 aliphatic rings. The standard InChI is InChI=1S/C10H12F5NO3S/c11-9(12)2-1-6(8(18)19)16(4-9)7(17)5(3-20)10(13,14)15/h5-6,20H,1-4H2,(H,18,19). The second-order valence-corrected chi connectivity index (χ2v) is 4.86. The van der Waals surface area contributed by atoms with Gasteiger partial charge in [0.05, 0.1) is 6.54 Å². The van der Waals surface area contributed by atoms with E-state index in [4.69, 9.17) is 5.11 Å². The first-order valence-electron chi connectivity index (χ1n) is 5.58.